The maximum atomic E-state index is 13.3. The van der Waals surface area contributed by atoms with Crippen molar-refractivity contribution in [2.45, 2.75) is 0 Å². The number of rotatable bonds is 3. The first kappa shape index (κ1) is 15.6. The molecule has 2 aromatic heterocycles. The summed E-state index contributed by atoms with van der Waals surface area (Å²) >= 11 is 1.52. The Morgan fingerprint density at radius 1 is 0.880 bits per heavy atom. The zero-order valence-corrected chi connectivity index (χ0v) is 14.0. The molecule has 7 heteroatoms. The van der Waals surface area contributed by atoms with Crippen LogP contribution >= 0.6 is 11.3 Å². The summed E-state index contributed by atoms with van der Waals surface area (Å²) in [5.74, 6) is -0.0837. The zero-order chi connectivity index (χ0) is 17.4. The van der Waals surface area contributed by atoms with Gasteiger partial charge in [-0.05, 0) is 46.7 Å². The van der Waals surface area contributed by atoms with Gasteiger partial charge in [-0.2, -0.15) is 4.80 Å². The summed E-state index contributed by atoms with van der Waals surface area (Å²) in [5, 5.41) is 12.2. The van der Waals surface area contributed by atoms with Crippen LogP contribution in [0.5, 0.6) is 0 Å². The van der Waals surface area contributed by atoms with Gasteiger partial charge in [-0.25, -0.2) is 8.78 Å². The lowest BCUT2D eigenvalue weighted by Crippen LogP contribution is -1.91. The van der Waals surface area contributed by atoms with Gasteiger partial charge in [0.15, 0.2) is 0 Å². The summed E-state index contributed by atoms with van der Waals surface area (Å²) in [6.07, 6.45) is 0. The summed E-state index contributed by atoms with van der Waals surface area (Å²) in [6, 6.07) is 14.5. The molecule has 0 unspecified atom stereocenters. The third-order valence-corrected chi connectivity index (χ3v) is 4.95. The minimum atomic E-state index is -0.293. The Morgan fingerprint density at radius 3 is 2.04 bits per heavy atom. The average Bonchev–Trinajstić information content (AvgIpc) is 3.23. The molecule has 0 atom stereocenters. The predicted molar refractivity (Wildman–Crippen MR) is 92.9 cm³/mol. The van der Waals surface area contributed by atoms with Gasteiger partial charge < -0.3 is 0 Å². The van der Waals surface area contributed by atoms with Crippen LogP contribution in [0.2, 0.25) is 0 Å². The largest absolute Gasteiger partial charge is 0.207 e. The van der Waals surface area contributed by atoms with Crippen molar-refractivity contribution in [3.63, 3.8) is 0 Å². The van der Waals surface area contributed by atoms with Gasteiger partial charge in [0.05, 0.1) is 7.05 Å². The number of tetrazole rings is 1. The molecule has 0 amide bonds. The van der Waals surface area contributed by atoms with Gasteiger partial charge >= 0.3 is 0 Å². The number of halogens is 2. The van der Waals surface area contributed by atoms with Crippen molar-refractivity contribution in [3.8, 4) is 32.3 Å². The fourth-order valence-corrected chi connectivity index (χ4v) is 3.69. The van der Waals surface area contributed by atoms with Crippen LogP contribution in [0.1, 0.15) is 0 Å². The highest BCUT2D eigenvalue weighted by atomic mass is 32.1. The Kier molecular flexibility index (Phi) is 3.85. The molecule has 0 radical (unpaired) electrons. The second kappa shape index (κ2) is 6.18. The third kappa shape index (κ3) is 3.06. The van der Waals surface area contributed by atoms with Gasteiger partial charge in [0.2, 0.25) is 5.82 Å². The summed E-state index contributed by atoms with van der Waals surface area (Å²) in [4.78, 5) is 3.24. The number of hydrogen-bond donors (Lipinski definition) is 0. The van der Waals surface area contributed by atoms with Crippen molar-refractivity contribution in [3.05, 3.63) is 66.2 Å². The first-order valence-corrected chi connectivity index (χ1v) is 8.32. The molecule has 4 rings (SSSR count). The third-order valence-electron chi connectivity index (χ3n) is 3.72. The average molecular weight is 354 g/mol. The lowest BCUT2D eigenvalue weighted by atomic mass is 10.1. The van der Waals surface area contributed by atoms with Crippen LogP contribution in [-0.2, 0) is 7.05 Å². The summed E-state index contributed by atoms with van der Waals surface area (Å²) in [5.41, 5.74) is 2.57. The molecule has 4 nitrogen and oxygen atoms in total. The molecule has 0 aliphatic carbocycles. The standard InChI is InChI=1S/C18H12F2N4S/c1-24-22-18(21-23-24)15-10-16(11-2-6-13(19)7-3-11)25-17(15)12-4-8-14(20)9-5-12/h2-10H,1H3. The molecule has 2 aromatic carbocycles. The first-order valence-electron chi connectivity index (χ1n) is 7.50. The van der Waals surface area contributed by atoms with Crippen LogP contribution in [-0.4, -0.2) is 20.2 Å². The molecule has 2 heterocycles. The van der Waals surface area contributed by atoms with Gasteiger partial charge in [-0.15, -0.1) is 21.5 Å². The fourth-order valence-electron chi connectivity index (χ4n) is 2.52. The van der Waals surface area contributed by atoms with Crippen molar-refractivity contribution in [1.82, 2.24) is 20.2 Å². The number of aryl methyl sites for hydroxylation is 1. The van der Waals surface area contributed by atoms with E-state index in [1.165, 1.54) is 40.4 Å². The Morgan fingerprint density at radius 2 is 1.48 bits per heavy atom. The van der Waals surface area contributed by atoms with E-state index in [2.05, 4.69) is 15.4 Å². The second-order valence-electron chi connectivity index (χ2n) is 5.47. The Bertz CT molecular complexity index is 1020. The summed E-state index contributed by atoms with van der Waals surface area (Å²) < 4.78 is 26.5. The number of hydrogen-bond acceptors (Lipinski definition) is 4. The van der Waals surface area contributed by atoms with Crippen LogP contribution in [0.25, 0.3) is 32.3 Å². The normalized spacial score (nSPS) is 11.0. The molecule has 0 fully saturated rings. The van der Waals surface area contributed by atoms with Gasteiger partial charge in [0.25, 0.3) is 0 Å². The molecule has 0 aliphatic heterocycles. The van der Waals surface area contributed by atoms with E-state index >= 15 is 0 Å². The van der Waals surface area contributed by atoms with Crippen molar-refractivity contribution in [1.29, 1.82) is 0 Å². The molecule has 0 N–H and O–H groups in total. The smallest absolute Gasteiger partial charge is 0.206 e. The van der Waals surface area contributed by atoms with Crippen LogP contribution in [0.4, 0.5) is 8.78 Å². The Hall–Kier alpha value is -2.93. The monoisotopic (exact) mass is 354 g/mol. The maximum Gasteiger partial charge on any atom is 0.206 e. The van der Waals surface area contributed by atoms with Crippen LogP contribution < -0.4 is 0 Å². The highest BCUT2D eigenvalue weighted by Gasteiger charge is 2.17. The molecule has 0 bridgehead atoms. The number of benzene rings is 2. The minimum absolute atomic E-state index is 0.283. The molecule has 124 valence electrons. The van der Waals surface area contributed by atoms with E-state index in [-0.39, 0.29) is 11.6 Å². The second-order valence-corrected chi connectivity index (χ2v) is 6.52. The lowest BCUT2D eigenvalue weighted by Gasteiger charge is -2.00. The lowest BCUT2D eigenvalue weighted by molar-refractivity contribution is 0.627. The quantitative estimate of drug-likeness (QED) is 0.542. The molecule has 0 saturated heterocycles. The number of thiophene rings is 1. The van der Waals surface area contributed by atoms with E-state index in [0.717, 1.165) is 26.4 Å². The van der Waals surface area contributed by atoms with Gasteiger partial charge in [0, 0.05) is 15.3 Å². The van der Waals surface area contributed by atoms with E-state index in [1.54, 1.807) is 31.3 Å². The van der Waals surface area contributed by atoms with E-state index in [1.807, 2.05) is 6.07 Å². The van der Waals surface area contributed by atoms with E-state index in [0.29, 0.717) is 5.82 Å². The molecule has 25 heavy (non-hydrogen) atoms. The molecule has 0 saturated carbocycles. The van der Waals surface area contributed by atoms with Gasteiger partial charge in [0.1, 0.15) is 11.6 Å². The molecule has 0 aliphatic rings. The van der Waals surface area contributed by atoms with Crippen LogP contribution in [0.3, 0.4) is 0 Å². The highest BCUT2D eigenvalue weighted by Crippen LogP contribution is 2.42. The van der Waals surface area contributed by atoms with Crippen LogP contribution in [0, 0.1) is 11.6 Å². The highest BCUT2D eigenvalue weighted by molar-refractivity contribution is 7.19. The fraction of sp³-hybridized carbons (Fsp3) is 0.0556. The molecule has 4 aromatic rings. The topological polar surface area (TPSA) is 43.6 Å². The molecular formula is C18H12F2N4S. The van der Waals surface area contributed by atoms with Crippen molar-refractivity contribution in [2.75, 3.05) is 0 Å². The molecule has 0 spiro atoms. The predicted octanol–water partition coefficient (Wildman–Crippen LogP) is 4.55. The van der Waals surface area contributed by atoms with E-state index < -0.39 is 0 Å². The summed E-state index contributed by atoms with van der Waals surface area (Å²) in [6.45, 7) is 0. The van der Waals surface area contributed by atoms with Gasteiger partial charge in [-0.3, -0.25) is 0 Å². The van der Waals surface area contributed by atoms with Crippen molar-refractivity contribution < 1.29 is 8.78 Å². The van der Waals surface area contributed by atoms with Gasteiger partial charge in [-0.1, -0.05) is 24.3 Å². The summed E-state index contributed by atoms with van der Waals surface area (Å²) in [7, 11) is 1.70. The number of nitrogens with zero attached hydrogens (tertiary/aromatic N) is 4. The SMILES string of the molecule is Cn1nnc(-c2cc(-c3ccc(F)cc3)sc2-c2ccc(F)cc2)n1. The maximum absolute atomic E-state index is 13.3. The molecular weight excluding hydrogens is 342 g/mol. The van der Waals surface area contributed by atoms with E-state index in [4.69, 9.17) is 0 Å². The Labute approximate surface area is 146 Å². The van der Waals surface area contributed by atoms with Crippen LogP contribution in [0.15, 0.2) is 54.6 Å². The number of aromatic nitrogens is 4. The first-order chi connectivity index (χ1) is 12.1. The Balaban J connectivity index is 1.88. The van der Waals surface area contributed by atoms with Crippen molar-refractivity contribution >= 4 is 11.3 Å². The zero-order valence-electron chi connectivity index (χ0n) is 13.1. The van der Waals surface area contributed by atoms with Crippen molar-refractivity contribution in [2.24, 2.45) is 7.05 Å². The minimum Gasteiger partial charge on any atom is -0.207 e. The van der Waals surface area contributed by atoms with E-state index in [9.17, 15) is 8.78 Å².